The number of benzene rings is 2. The Hall–Kier alpha value is -2.94. The Morgan fingerprint density at radius 3 is 2.33 bits per heavy atom. The molecule has 8 nitrogen and oxygen atoms in total. The monoisotopic (exact) mass is 391 g/mol. The van der Waals surface area contributed by atoms with Crippen molar-refractivity contribution in [2.45, 2.75) is 20.4 Å². The third kappa shape index (κ3) is 5.52. The van der Waals surface area contributed by atoms with Gasteiger partial charge in [0, 0.05) is 18.7 Å². The predicted octanol–water partition coefficient (Wildman–Crippen LogP) is 2.29. The van der Waals surface area contributed by atoms with E-state index < -0.39 is 27.4 Å². The van der Waals surface area contributed by atoms with Crippen molar-refractivity contribution >= 4 is 27.3 Å². The molecule has 0 spiro atoms. The predicted molar refractivity (Wildman–Crippen MR) is 103 cm³/mol. The minimum Gasteiger partial charge on any atom is -0.350 e. The molecular weight excluding hydrogens is 370 g/mol. The molecule has 0 atom stereocenters. The Labute approximate surface area is 158 Å². The maximum absolute atomic E-state index is 12.3. The van der Waals surface area contributed by atoms with Crippen molar-refractivity contribution in [1.29, 1.82) is 0 Å². The number of non-ortho nitro benzene ring substituents is 1. The molecule has 1 amide bonds. The van der Waals surface area contributed by atoms with Gasteiger partial charge in [0.15, 0.2) is 0 Å². The number of anilines is 1. The molecule has 0 aromatic heterocycles. The summed E-state index contributed by atoms with van der Waals surface area (Å²) in [7, 11) is -3.82. The number of rotatable bonds is 7. The van der Waals surface area contributed by atoms with Gasteiger partial charge in [-0.05, 0) is 25.0 Å². The lowest BCUT2D eigenvalue weighted by Gasteiger charge is -2.23. The Morgan fingerprint density at radius 2 is 1.78 bits per heavy atom. The van der Waals surface area contributed by atoms with E-state index in [9.17, 15) is 23.3 Å². The van der Waals surface area contributed by atoms with Gasteiger partial charge in [-0.1, -0.05) is 35.9 Å². The van der Waals surface area contributed by atoms with E-state index in [1.54, 1.807) is 6.92 Å². The van der Waals surface area contributed by atoms with Crippen LogP contribution in [0.5, 0.6) is 0 Å². The van der Waals surface area contributed by atoms with E-state index in [-0.39, 0.29) is 17.9 Å². The first-order valence-corrected chi connectivity index (χ1v) is 9.98. The standard InChI is InChI=1S/C18H21N3O5S/c1-13-4-7-15(8-5-13)11-19-18(22)12-20(27(3,25)26)17-10-16(21(23)24)9-6-14(17)2/h4-10H,11-12H2,1-3H3,(H,19,22). The van der Waals surface area contributed by atoms with Crippen LogP contribution < -0.4 is 9.62 Å². The molecule has 2 aromatic carbocycles. The highest BCUT2D eigenvalue weighted by atomic mass is 32.2. The van der Waals surface area contributed by atoms with E-state index in [4.69, 9.17) is 0 Å². The first-order chi connectivity index (χ1) is 12.6. The number of amides is 1. The van der Waals surface area contributed by atoms with Gasteiger partial charge < -0.3 is 5.32 Å². The Kier molecular flexibility index (Phi) is 6.17. The minimum atomic E-state index is -3.82. The quantitative estimate of drug-likeness (QED) is 0.575. The van der Waals surface area contributed by atoms with Gasteiger partial charge in [-0.15, -0.1) is 0 Å². The SMILES string of the molecule is Cc1ccc(CNC(=O)CN(c2cc([N+](=O)[O-])ccc2C)S(C)(=O)=O)cc1. The normalized spacial score (nSPS) is 11.1. The number of sulfonamides is 1. The number of carbonyl (C=O) groups is 1. The van der Waals surface area contributed by atoms with Crippen LogP contribution in [0, 0.1) is 24.0 Å². The number of nitrogens with zero attached hydrogens (tertiary/aromatic N) is 2. The molecule has 0 heterocycles. The molecule has 0 fully saturated rings. The Bertz CT molecular complexity index is 955. The van der Waals surface area contributed by atoms with Gasteiger partial charge in [-0.2, -0.15) is 0 Å². The lowest BCUT2D eigenvalue weighted by atomic mass is 10.1. The van der Waals surface area contributed by atoms with Crippen LogP contribution in [0.15, 0.2) is 42.5 Å². The van der Waals surface area contributed by atoms with Gasteiger partial charge in [0.25, 0.3) is 5.69 Å². The molecule has 1 N–H and O–H groups in total. The summed E-state index contributed by atoms with van der Waals surface area (Å²) in [5.74, 6) is -0.507. The van der Waals surface area contributed by atoms with Gasteiger partial charge >= 0.3 is 0 Å². The topological polar surface area (TPSA) is 110 Å². The summed E-state index contributed by atoms with van der Waals surface area (Å²) < 4.78 is 25.3. The molecule has 2 rings (SSSR count). The molecular formula is C18H21N3O5S. The summed E-state index contributed by atoms with van der Waals surface area (Å²) in [6.07, 6.45) is 0.957. The number of hydrogen-bond donors (Lipinski definition) is 1. The van der Waals surface area contributed by atoms with Crippen LogP contribution in [0.25, 0.3) is 0 Å². The number of nitrogens with one attached hydrogen (secondary N) is 1. The van der Waals surface area contributed by atoms with Crippen molar-refractivity contribution < 1.29 is 18.1 Å². The fraction of sp³-hybridized carbons (Fsp3) is 0.278. The maximum atomic E-state index is 12.3. The fourth-order valence-corrected chi connectivity index (χ4v) is 3.36. The summed E-state index contributed by atoms with van der Waals surface area (Å²) in [6.45, 7) is 3.37. The van der Waals surface area contributed by atoms with Crippen molar-refractivity contribution in [1.82, 2.24) is 5.32 Å². The smallest absolute Gasteiger partial charge is 0.271 e. The van der Waals surface area contributed by atoms with Crippen molar-refractivity contribution in [3.05, 3.63) is 69.3 Å². The fourth-order valence-electron chi connectivity index (χ4n) is 2.45. The summed E-state index contributed by atoms with van der Waals surface area (Å²) in [6, 6.07) is 11.5. The highest BCUT2D eigenvalue weighted by Crippen LogP contribution is 2.27. The van der Waals surface area contributed by atoms with Crippen LogP contribution in [-0.2, 0) is 21.4 Å². The molecule has 0 saturated heterocycles. The molecule has 2 aromatic rings. The Morgan fingerprint density at radius 1 is 1.15 bits per heavy atom. The molecule has 27 heavy (non-hydrogen) atoms. The number of hydrogen-bond acceptors (Lipinski definition) is 5. The second-order valence-corrected chi connectivity index (χ2v) is 8.17. The zero-order chi connectivity index (χ0) is 20.2. The van der Waals surface area contributed by atoms with Crippen LogP contribution in [0.2, 0.25) is 0 Å². The largest absolute Gasteiger partial charge is 0.350 e. The zero-order valence-electron chi connectivity index (χ0n) is 15.3. The van der Waals surface area contributed by atoms with E-state index >= 15 is 0 Å². The van der Waals surface area contributed by atoms with Gasteiger partial charge in [-0.25, -0.2) is 8.42 Å². The molecule has 0 aliphatic carbocycles. The summed E-state index contributed by atoms with van der Waals surface area (Å²) >= 11 is 0. The van der Waals surface area contributed by atoms with Crippen LogP contribution in [0.4, 0.5) is 11.4 Å². The lowest BCUT2D eigenvalue weighted by Crippen LogP contribution is -2.40. The average molecular weight is 391 g/mol. The van der Waals surface area contributed by atoms with E-state index in [1.165, 1.54) is 12.1 Å². The van der Waals surface area contributed by atoms with Crippen molar-refractivity contribution in [3.63, 3.8) is 0 Å². The number of aryl methyl sites for hydroxylation is 2. The zero-order valence-corrected chi connectivity index (χ0v) is 16.1. The van der Waals surface area contributed by atoms with Crippen LogP contribution in [-0.4, -0.2) is 32.0 Å². The van der Waals surface area contributed by atoms with Gasteiger partial charge in [0.05, 0.1) is 16.9 Å². The third-order valence-electron chi connectivity index (χ3n) is 3.97. The van der Waals surface area contributed by atoms with Gasteiger partial charge in [0.2, 0.25) is 15.9 Å². The van der Waals surface area contributed by atoms with E-state index in [0.717, 1.165) is 27.8 Å². The van der Waals surface area contributed by atoms with E-state index in [1.807, 2.05) is 31.2 Å². The molecule has 0 unspecified atom stereocenters. The highest BCUT2D eigenvalue weighted by Gasteiger charge is 2.24. The number of nitro benzene ring substituents is 1. The van der Waals surface area contributed by atoms with Crippen LogP contribution in [0.3, 0.4) is 0 Å². The number of nitro groups is 1. The minimum absolute atomic E-state index is 0.109. The molecule has 0 bridgehead atoms. The Balaban J connectivity index is 2.20. The molecule has 0 radical (unpaired) electrons. The molecule has 144 valence electrons. The van der Waals surface area contributed by atoms with E-state index in [0.29, 0.717) is 5.56 Å². The summed E-state index contributed by atoms with van der Waals surface area (Å²) in [4.78, 5) is 22.7. The lowest BCUT2D eigenvalue weighted by molar-refractivity contribution is -0.384. The molecule has 9 heteroatoms. The van der Waals surface area contributed by atoms with Gasteiger partial charge in [-0.3, -0.25) is 19.2 Å². The maximum Gasteiger partial charge on any atom is 0.271 e. The average Bonchev–Trinajstić information content (AvgIpc) is 2.58. The molecule has 0 aliphatic rings. The second kappa shape index (κ2) is 8.17. The first-order valence-electron chi connectivity index (χ1n) is 8.13. The van der Waals surface area contributed by atoms with Crippen molar-refractivity contribution in [3.8, 4) is 0 Å². The second-order valence-electron chi connectivity index (χ2n) is 6.26. The van der Waals surface area contributed by atoms with Gasteiger partial charge in [0.1, 0.15) is 6.54 Å². The van der Waals surface area contributed by atoms with Crippen molar-refractivity contribution in [2.24, 2.45) is 0 Å². The first kappa shape index (κ1) is 20.4. The summed E-state index contributed by atoms with van der Waals surface area (Å²) in [5.41, 5.74) is 2.35. The summed E-state index contributed by atoms with van der Waals surface area (Å²) in [5, 5.41) is 13.7. The third-order valence-corrected chi connectivity index (χ3v) is 5.10. The van der Waals surface area contributed by atoms with Crippen LogP contribution in [0.1, 0.15) is 16.7 Å². The number of carbonyl (C=O) groups excluding carboxylic acids is 1. The van der Waals surface area contributed by atoms with Crippen LogP contribution >= 0.6 is 0 Å². The molecule has 0 saturated carbocycles. The molecule has 0 aliphatic heterocycles. The van der Waals surface area contributed by atoms with Crippen molar-refractivity contribution in [2.75, 3.05) is 17.1 Å². The highest BCUT2D eigenvalue weighted by molar-refractivity contribution is 7.92. The van der Waals surface area contributed by atoms with E-state index in [2.05, 4.69) is 5.32 Å².